The van der Waals surface area contributed by atoms with Gasteiger partial charge in [0.25, 0.3) is 0 Å². The Morgan fingerprint density at radius 2 is 0.860 bits per heavy atom. The summed E-state index contributed by atoms with van der Waals surface area (Å²) < 4.78 is 0. The van der Waals surface area contributed by atoms with Gasteiger partial charge in [0.2, 0.25) is 0 Å². The van der Waals surface area contributed by atoms with Crippen LogP contribution in [0, 0.1) is 34.3 Å². The Morgan fingerprint density at radius 3 is 1.20 bits per heavy atom. The zero-order chi connectivity index (χ0) is 35.4. The van der Waals surface area contributed by atoms with Crippen molar-refractivity contribution in [3.05, 3.63) is 210 Å². The second-order valence-corrected chi connectivity index (χ2v) is 11.0. The largest absolute Gasteiger partial charge is 0.358 e. The van der Waals surface area contributed by atoms with Crippen LogP contribution in [0.1, 0.15) is 93.0 Å². The second kappa shape index (κ2) is 25.4. The Balaban J connectivity index is 0.000000801. The van der Waals surface area contributed by atoms with Crippen LogP contribution in [0.2, 0.25) is 0 Å². The van der Waals surface area contributed by atoms with Gasteiger partial charge in [-0.15, -0.1) is 0 Å². The first-order valence-corrected chi connectivity index (χ1v) is 17.8. The van der Waals surface area contributed by atoms with E-state index in [1.54, 1.807) is 0 Å². The molecule has 0 atom stereocenters. The van der Waals surface area contributed by atoms with Crippen LogP contribution in [0.4, 0.5) is 0 Å². The van der Waals surface area contributed by atoms with Gasteiger partial charge in [-0.25, -0.2) is 0 Å². The van der Waals surface area contributed by atoms with Gasteiger partial charge in [-0.1, -0.05) is 194 Å². The van der Waals surface area contributed by atoms with Gasteiger partial charge in [0, 0.05) is 32.7 Å². The van der Waals surface area contributed by atoms with Crippen molar-refractivity contribution in [2.45, 2.75) is 81.1 Å². The summed E-state index contributed by atoms with van der Waals surface area (Å²) in [6.07, 6.45) is 1.14. The minimum Gasteiger partial charge on any atom is -0.358 e. The molecular formula is C49H60Y-2. The van der Waals surface area contributed by atoms with Crippen molar-refractivity contribution in [1.29, 1.82) is 0 Å². The molecule has 0 N–H and O–H groups in total. The first-order chi connectivity index (χ1) is 23.5. The van der Waals surface area contributed by atoms with Gasteiger partial charge in [0.1, 0.15) is 0 Å². The molecule has 0 saturated heterocycles. The molecule has 1 heteroatoms. The van der Waals surface area contributed by atoms with Crippen LogP contribution in [0.25, 0.3) is 11.1 Å². The van der Waals surface area contributed by atoms with Crippen molar-refractivity contribution in [3.63, 3.8) is 0 Å². The maximum atomic E-state index is 3.03. The van der Waals surface area contributed by atoms with Gasteiger partial charge in [0.05, 0.1) is 5.41 Å². The quantitative estimate of drug-likeness (QED) is 0.158. The van der Waals surface area contributed by atoms with Gasteiger partial charge < -0.3 is 7.43 Å². The van der Waals surface area contributed by atoms with E-state index in [2.05, 4.69) is 154 Å². The Bertz CT molecular complexity index is 1610. The van der Waals surface area contributed by atoms with E-state index in [0.29, 0.717) is 0 Å². The van der Waals surface area contributed by atoms with Gasteiger partial charge in [-0.3, -0.25) is 0 Å². The third kappa shape index (κ3) is 11.8. The molecule has 6 aromatic rings. The molecule has 0 amide bonds. The predicted octanol–water partition coefficient (Wildman–Crippen LogP) is 14.2. The molecule has 1 aliphatic rings. The number of rotatable bonds is 3. The summed E-state index contributed by atoms with van der Waals surface area (Å²) in [4.78, 5) is 0. The summed E-state index contributed by atoms with van der Waals surface area (Å²) in [5, 5.41) is 0. The third-order valence-corrected chi connectivity index (χ3v) is 7.92. The van der Waals surface area contributed by atoms with Crippen molar-refractivity contribution in [2.24, 2.45) is 0 Å². The molecule has 1 aliphatic carbocycles. The Kier molecular flexibility index (Phi) is 23.6. The molecule has 0 aliphatic heterocycles. The topological polar surface area (TPSA) is 0 Å². The Labute approximate surface area is 332 Å². The van der Waals surface area contributed by atoms with Gasteiger partial charge in [-0.2, -0.15) is 35.9 Å². The standard InChI is InChI=1S/C25H18.C10H14.C7H7.3C2H6.CH3.Y/c1-3-11-19(12-4-1)25(20-13-5-2-6-14-20)23-17-9-7-15-21(23)22-16-8-10-18-24(22)25;1-4-10-6-8(2)5-9(3)7-10;1-7-5-3-2-4-6-7;3*1-2;;/h1-18H;5-7H,4H2,1-3H3;2-5H,1H3;3*1-2H3;1H3;/q;;-1;;;;-1;. The monoisotopic (exact) mass is 737 g/mol. The molecule has 0 saturated carbocycles. The fraction of sp³-hybridized carbons (Fsp3) is 0.245. The van der Waals surface area contributed by atoms with E-state index in [9.17, 15) is 0 Å². The molecule has 0 heterocycles. The van der Waals surface area contributed by atoms with Crippen molar-refractivity contribution in [1.82, 2.24) is 0 Å². The SMILES string of the molecule is CC.CC.CC.CCc1cc(C)cc(C)c1.Cc1[c-]cccc1.[CH3-].[Y].c1ccc(C2(c3ccccc3)c3ccccc3-c3ccccc32)cc1. The van der Waals surface area contributed by atoms with Crippen LogP contribution in [0.3, 0.4) is 0 Å². The molecule has 0 bridgehead atoms. The first kappa shape index (κ1) is 46.4. The van der Waals surface area contributed by atoms with E-state index in [1.165, 1.54) is 55.6 Å². The molecule has 261 valence electrons. The molecule has 0 unspecified atom stereocenters. The summed E-state index contributed by atoms with van der Waals surface area (Å²) in [6.45, 7) is 20.5. The summed E-state index contributed by atoms with van der Waals surface area (Å²) in [5.41, 5.74) is 13.2. The van der Waals surface area contributed by atoms with Crippen LogP contribution < -0.4 is 0 Å². The first-order valence-electron chi connectivity index (χ1n) is 17.8. The smallest absolute Gasteiger partial charge is 0.0713 e. The average molecular weight is 738 g/mol. The number of fused-ring (bicyclic) bond motifs is 3. The van der Waals surface area contributed by atoms with Crippen LogP contribution in [0.5, 0.6) is 0 Å². The van der Waals surface area contributed by atoms with E-state index in [0.717, 1.165) is 6.42 Å². The summed E-state index contributed by atoms with van der Waals surface area (Å²) in [5.74, 6) is 0. The maximum Gasteiger partial charge on any atom is 0.0713 e. The van der Waals surface area contributed by atoms with Crippen LogP contribution in [-0.2, 0) is 44.5 Å². The van der Waals surface area contributed by atoms with Gasteiger partial charge in [0.15, 0.2) is 0 Å². The minimum atomic E-state index is -0.254. The van der Waals surface area contributed by atoms with E-state index in [-0.39, 0.29) is 45.6 Å². The molecule has 0 aromatic heterocycles. The van der Waals surface area contributed by atoms with E-state index < -0.39 is 0 Å². The van der Waals surface area contributed by atoms with Crippen molar-refractivity contribution >= 4 is 0 Å². The molecule has 0 spiro atoms. The maximum absolute atomic E-state index is 3.03. The molecule has 1 radical (unpaired) electrons. The minimum absolute atomic E-state index is 0. The predicted molar refractivity (Wildman–Crippen MR) is 220 cm³/mol. The van der Waals surface area contributed by atoms with E-state index in [4.69, 9.17) is 0 Å². The summed E-state index contributed by atoms with van der Waals surface area (Å²) in [6, 6.07) is 57.1. The number of benzene rings is 6. The molecule has 6 aromatic carbocycles. The van der Waals surface area contributed by atoms with Crippen molar-refractivity contribution in [3.8, 4) is 11.1 Å². The zero-order valence-corrected chi connectivity index (χ0v) is 35.6. The fourth-order valence-corrected chi connectivity index (χ4v) is 6.16. The number of hydrogen-bond acceptors (Lipinski definition) is 0. The van der Waals surface area contributed by atoms with E-state index >= 15 is 0 Å². The number of hydrogen-bond donors (Lipinski definition) is 0. The average Bonchev–Trinajstić information content (AvgIpc) is 3.46. The molecule has 50 heavy (non-hydrogen) atoms. The normalized spacial score (nSPS) is 10.5. The van der Waals surface area contributed by atoms with Crippen LogP contribution in [-0.4, -0.2) is 0 Å². The number of aryl methyl sites for hydroxylation is 4. The van der Waals surface area contributed by atoms with Gasteiger partial charge >= 0.3 is 0 Å². The molecule has 0 nitrogen and oxygen atoms in total. The Morgan fingerprint density at radius 1 is 0.480 bits per heavy atom. The van der Waals surface area contributed by atoms with E-state index in [1.807, 2.05) is 72.7 Å². The second-order valence-electron chi connectivity index (χ2n) is 11.0. The van der Waals surface area contributed by atoms with Crippen molar-refractivity contribution < 1.29 is 32.7 Å². The fourth-order valence-electron chi connectivity index (χ4n) is 6.16. The Hall–Kier alpha value is -3.58. The molecule has 7 rings (SSSR count). The third-order valence-electron chi connectivity index (χ3n) is 7.92. The molecular weight excluding hydrogens is 677 g/mol. The molecule has 0 fully saturated rings. The van der Waals surface area contributed by atoms with Crippen LogP contribution >= 0.6 is 0 Å². The van der Waals surface area contributed by atoms with Crippen molar-refractivity contribution in [2.75, 3.05) is 0 Å². The van der Waals surface area contributed by atoms with Gasteiger partial charge in [-0.05, 0) is 59.2 Å². The zero-order valence-electron chi connectivity index (χ0n) is 32.7. The van der Waals surface area contributed by atoms with Crippen LogP contribution in [0.15, 0.2) is 152 Å². The summed E-state index contributed by atoms with van der Waals surface area (Å²) in [7, 11) is 0. The summed E-state index contributed by atoms with van der Waals surface area (Å²) >= 11 is 0.